The van der Waals surface area contributed by atoms with Crippen LogP contribution in [0.1, 0.15) is 42.0 Å². The van der Waals surface area contributed by atoms with E-state index in [2.05, 4.69) is 62.3 Å². The highest BCUT2D eigenvalue weighted by molar-refractivity contribution is 7.99. The standard InChI is InChI=1S/C23H27N3OS/c1-15(2)20-8-6-7-17(4)22(20)25-21(27)14-28-23-24-11-12-26(23)19-10-9-16(3)18(5)13-19/h6-13,15H,14H2,1-5H3,(H,25,27). The van der Waals surface area contributed by atoms with Crippen LogP contribution < -0.4 is 5.32 Å². The Morgan fingerprint density at radius 3 is 2.61 bits per heavy atom. The Hall–Kier alpha value is -2.53. The number of aryl methyl sites for hydroxylation is 3. The number of anilines is 1. The Balaban J connectivity index is 1.72. The lowest BCUT2D eigenvalue weighted by atomic mass is 9.98. The zero-order chi connectivity index (χ0) is 20.3. The van der Waals surface area contributed by atoms with Crippen LogP contribution in [0, 0.1) is 20.8 Å². The molecule has 1 N–H and O–H groups in total. The van der Waals surface area contributed by atoms with Crippen molar-refractivity contribution in [3.8, 4) is 5.69 Å². The first-order chi connectivity index (χ1) is 13.4. The number of rotatable bonds is 6. The van der Waals surface area contributed by atoms with E-state index in [1.807, 2.05) is 29.8 Å². The van der Waals surface area contributed by atoms with Crippen LogP contribution in [-0.4, -0.2) is 21.2 Å². The van der Waals surface area contributed by atoms with Crippen molar-refractivity contribution >= 4 is 23.4 Å². The molecule has 5 heteroatoms. The normalized spacial score (nSPS) is 11.1. The Labute approximate surface area is 171 Å². The molecule has 3 aromatic rings. The van der Waals surface area contributed by atoms with Crippen molar-refractivity contribution in [1.29, 1.82) is 0 Å². The Bertz CT molecular complexity index is 991. The quantitative estimate of drug-likeness (QED) is 0.550. The molecule has 4 nitrogen and oxygen atoms in total. The average Bonchev–Trinajstić information content (AvgIpc) is 3.12. The average molecular weight is 394 g/mol. The first-order valence-corrected chi connectivity index (χ1v) is 10.5. The van der Waals surface area contributed by atoms with Gasteiger partial charge in [-0.15, -0.1) is 0 Å². The number of carbonyl (C=O) groups is 1. The number of para-hydroxylation sites is 1. The SMILES string of the molecule is Cc1ccc(-n2ccnc2SCC(=O)Nc2c(C)cccc2C(C)C)cc1C. The van der Waals surface area contributed by atoms with Crippen molar-refractivity contribution in [2.24, 2.45) is 0 Å². The summed E-state index contributed by atoms with van der Waals surface area (Å²) in [5.74, 6) is 0.649. The fourth-order valence-electron chi connectivity index (χ4n) is 3.12. The highest BCUT2D eigenvalue weighted by atomic mass is 32.2. The lowest BCUT2D eigenvalue weighted by molar-refractivity contribution is -0.113. The van der Waals surface area contributed by atoms with Crippen molar-refractivity contribution < 1.29 is 4.79 Å². The van der Waals surface area contributed by atoms with Gasteiger partial charge < -0.3 is 5.32 Å². The van der Waals surface area contributed by atoms with Crippen LogP contribution in [-0.2, 0) is 4.79 Å². The third-order valence-corrected chi connectivity index (χ3v) is 5.87. The molecule has 0 aliphatic heterocycles. The van der Waals surface area contributed by atoms with E-state index in [4.69, 9.17) is 0 Å². The van der Waals surface area contributed by atoms with Crippen LogP contribution in [0.5, 0.6) is 0 Å². The van der Waals surface area contributed by atoms with E-state index in [0.717, 1.165) is 27.7 Å². The van der Waals surface area contributed by atoms with Gasteiger partial charge in [0.2, 0.25) is 5.91 Å². The summed E-state index contributed by atoms with van der Waals surface area (Å²) < 4.78 is 2.03. The van der Waals surface area contributed by atoms with E-state index >= 15 is 0 Å². The third-order valence-electron chi connectivity index (χ3n) is 4.90. The molecule has 146 valence electrons. The van der Waals surface area contributed by atoms with E-state index in [0.29, 0.717) is 11.7 Å². The predicted molar refractivity (Wildman–Crippen MR) is 118 cm³/mol. The highest BCUT2D eigenvalue weighted by Crippen LogP contribution is 2.28. The molecule has 0 unspecified atom stereocenters. The van der Waals surface area contributed by atoms with Crippen LogP contribution in [0.2, 0.25) is 0 Å². The van der Waals surface area contributed by atoms with Gasteiger partial charge in [-0.1, -0.05) is 49.9 Å². The van der Waals surface area contributed by atoms with E-state index < -0.39 is 0 Å². The second-order valence-electron chi connectivity index (χ2n) is 7.38. The van der Waals surface area contributed by atoms with Crippen LogP contribution >= 0.6 is 11.8 Å². The van der Waals surface area contributed by atoms with Crippen molar-refractivity contribution in [1.82, 2.24) is 9.55 Å². The number of nitrogens with one attached hydrogen (secondary N) is 1. The van der Waals surface area contributed by atoms with E-state index in [-0.39, 0.29) is 5.91 Å². The Kier molecular flexibility index (Phi) is 6.25. The van der Waals surface area contributed by atoms with Crippen molar-refractivity contribution in [2.45, 2.75) is 45.7 Å². The number of carbonyl (C=O) groups excluding carboxylic acids is 1. The van der Waals surface area contributed by atoms with Gasteiger partial charge in [-0.2, -0.15) is 0 Å². The van der Waals surface area contributed by atoms with Gasteiger partial charge in [0.15, 0.2) is 5.16 Å². The molecule has 2 aromatic carbocycles. The summed E-state index contributed by atoms with van der Waals surface area (Å²) in [6.45, 7) is 10.5. The van der Waals surface area contributed by atoms with Gasteiger partial charge in [0.05, 0.1) is 5.75 Å². The number of amides is 1. The highest BCUT2D eigenvalue weighted by Gasteiger charge is 2.14. The monoisotopic (exact) mass is 393 g/mol. The first kappa shape index (κ1) is 20.2. The summed E-state index contributed by atoms with van der Waals surface area (Å²) in [6.07, 6.45) is 3.70. The molecule has 28 heavy (non-hydrogen) atoms. The van der Waals surface area contributed by atoms with Crippen LogP contribution in [0.25, 0.3) is 5.69 Å². The zero-order valence-electron chi connectivity index (χ0n) is 17.1. The van der Waals surface area contributed by atoms with E-state index in [1.54, 1.807) is 6.20 Å². The molecule has 0 aliphatic carbocycles. The lowest BCUT2D eigenvalue weighted by Gasteiger charge is -2.16. The smallest absolute Gasteiger partial charge is 0.234 e. The van der Waals surface area contributed by atoms with E-state index in [1.165, 1.54) is 22.9 Å². The summed E-state index contributed by atoms with van der Waals surface area (Å²) in [7, 11) is 0. The topological polar surface area (TPSA) is 46.9 Å². The number of benzene rings is 2. The minimum Gasteiger partial charge on any atom is -0.325 e. The Morgan fingerprint density at radius 1 is 1.11 bits per heavy atom. The minimum absolute atomic E-state index is 0.0177. The van der Waals surface area contributed by atoms with Crippen molar-refractivity contribution in [3.05, 3.63) is 71.0 Å². The molecule has 0 radical (unpaired) electrons. The fraction of sp³-hybridized carbons (Fsp3) is 0.304. The molecule has 0 aliphatic rings. The predicted octanol–water partition coefficient (Wildman–Crippen LogP) is 5.65. The molecule has 1 heterocycles. The van der Waals surface area contributed by atoms with Crippen LogP contribution in [0.15, 0.2) is 53.9 Å². The van der Waals surface area contributed by atoms with Gasteiger partial charge >= 0.3 is 0 Å². The van der Waals surface area contributed by atoms with Crippen LogP contribution in [0.4, 0.5) is 5.69 Å². The molecular weight excluding hydrogens is 366 g/mol. The number of hydrogen-bond donors (Lipinski definition) is 1. The summed E-state index contributed by atoms with van der Waals surface area (Å²) in [4.78, 5) is 17.0. The first-order valence-electron chi connectivity index (χ1n) is 9.50. The minimum atomic E-state index is -0.0177. The summed E-state index contributed by atoms with van der Waals surface area (Å²) in [5, 5.41) is 3.91. The van der Waals surface area contributed by atoms with Gasteiger partial charge in [-0.25, -0.2) is 4.98 Å². The maximum atomic E-state index is 12.6. The molecule has 0 saturated heterocycles. The molecule has 0 fully saturated rings. The number of thioether (sulfide) groups is 1. The molecule has 0 bridgehead atoms. The van der Waals surface area contributed by atoms with E-state index in [9.17, 15) is 4.79 Å². The molecular formula is C23H27N3OS. The summed E-state index contributed by atoms with van der Waals surface area (Å²) >= 11 is 1.45. The van der Waals surface area contributed by atoms with Crippen molar-refractivity contribution in [2.75, 3.05) is 11.1 Å². The molecule has 3 rings (SSSR count). The van der Waals surface area contributed by atoms with Gasteiger partial charge in [-0.3, -0.25) is 9.36 Å². The summed E-state index contributed by atoms with van der Waals surface area (Å²) in [6, 6.07) is 12.5. The lowest BCUT2D eigenvalue weighted by Crippen LogP contribution is -2.17. The second-order valence-corrected chi connectivity index (χ2v) is 8.32. The largest absolute Gasteiger partial charge is 0.325 e. The van der Waals surface area contributed by atoms with Gasteiger partial charge in [0.1, 0.15) is 0 Å². The van der Waals surface area contributed by atoms with Gasteiger partial charge in [-0.05, 0) is 61.1 Å². The number of nitrogens with zero attached hydrogens (tertiary/aromatic N) is 2. The number of hydrogen-bond acceptors (Lipinski definition) is 3. The van der Waals surface area contributed by atoms with Crippen LogP contribution in [0.3, 0.4) is 0 Å². The summed E-state index contributed by atoms with van der Waals surface area (Å²) in [5.41, 5.74) is 6.73. The maximum Gasteiger partial charge on any atom is 0.234 e. The third kappa shape index (κ3) is 4.47. The Morgan fingerprint density at radius 2 is 1.89 bits per heavy atom. The molecule has 1 aromatic heterocycles. The zero-order valence-corrected chi connectivity index (χ0v) is 17.9. The molecule has 0 saturated carbocycles. The van der Waals surface area contributed by atoms with Gasteiger partial charge in [0.25, 0.3) is 0 Å². The second kappa shape index (κ2) is 8.65. The number of imidazole rings is 1. The molecule has 0 spiro atoms. The fourth-order valence-corrected chi connectivity index (χ4v) is 3.89. The number of aromatic nitrogens is 2. The molecule has 0 atom stereocenters. The van der Waals surface area contributed by atoms with Gasteiger partial charge in [0, 0.05) is 23.8 Å². The van der Waals surface area contributed by atoms with Crippen molar-refractivity contribution in [3.63, 3.8) is 0 Å². The molecule has 1 amide bonds. The maximum absolute atomic E-state index is 12.6.